The van der Waals surface area contributed by atoms with Crippen LogP contribution >= 0.6 is 46.4 Å². The van der Waals surface area contributed by atoms with E-state index in [1.165, 1.54) is 24.4 Å². The molecule has 6 fully saturated rings. The van der Waals surface area contributed by atoms with Crippen LogP contribution in [0.2, 0.25) is 20.4 Å². The summed E-state index contributed by atoms with van der Waals surface area (Å²) in [5.74, 6) is -6.32. The van der Waals surface area contributed by atoms with Crippen molar-refractivity contribution in [1.29, 1.82) is 0 Å². The highest BCUT2D eigenvalue weighted by molar-refractivity contribution is 6.31. The minimum Gasteiger partial charge on any atom is -0.480 e. The van der Waals surface area contributed by atoms with Crippen molar-refractivity contribution in [2.45, 2.75) is 175 Å². The van der Waals surface area contributed by atoms with Crippen molar-refractivity contribution < 1.29 is 52.1 Å². The predicted octanol–water partition coefficient (Wildman–Crippen LogP) is 8.93. The number of fused-ring (bicyclic) bond motifs is 6. The second-order valence-electron chi connectivity index (χ2n) is 25.8. The zero-order chi connectivity index (χ0) is 61.3. The largest absolute Gasteiger partial charge is 0.480 e. The number of carbonyl (C=O) groups is 6. The zero-order valence-electron chi connectivity index (χ0n) is 47.6. The maximum absolute atomic E-state index is 16.0. The van der Waals surface area contributed by atoms with Gasteiger partial charge in [-0.3, -0.25) is 39.4 Å². The summed E-state index contributed by atoms with van der Waals surface area (Å²) in [6.07, 6.45) is 10.2. The fourth-order valence-corrected chi connectivity index (χ4v) is 15.9. The number of Topliss-reactive ketones (excluding diaryl/α,β-unsaturated/α-hetero) is 1. The van der Waals surface area contributed by atoms with Crippen molar-refractivity contribution in [2.75, 3.05) is 23.8 Å². The molecule has 10 atom stereocenters. The molecule has 4 aromatic rings. The third-order valence-corrected chi connectivity index (χ3v) is 20.7. The fourth-order valence-electron chi connectivity index (χ4n) is 15.2. The minimum absolute atomic E-state index is 0.0412. The van der Waals surface area contributed by atoms with Gasteiger partial charge in [0.25, 0.3) is 0 Å². The highest BCUT2D eigenvalue weighted by atomic mass is 35.5. The van der Waals surface area contributed by atoms with Crippen LogP contribution in [0.15, 0.2) is 60.9 Å². The van der Waals surface area contributed by atoms with Gasteiger partial charge in [0.2, 0.25) is 23.6 Å². The molecule has 4 saturated heterocycles. The molecule has 2 saturated carbocycles. The Kier molecular flexibility index (Phi) is 17.4. The van der Waals surface area contributed by atoms with Gasteiger partial charge in [0, 0.05) is 70.3 Å². The number of ether oxygens (including phenoxy) is 2. The number of amides is 4. The number of nitrogens with one attached hydrogen (secondary N) is 4. The van der Waals surface area contributed by atoms with E-state index in [1.807, 2.05) is 0 Å². The number of carboxylic acids is 1. The third kappa shape index (κ3) is 11.0. The van der Waals surface area contributed by atoms with Gasteiger partial charge in [0.1, 0.15) is 51.0 Å². The number of anilines is 2. The number of aromatic nitrogens is 2. The van der Waals surface area contributed by atoms with E-state index in [9.17, 15) is 33.9 Å². The highest BCUT2D eigenvalue weighted by Gasteiger charge is 2.75. The Morgan fingerprint density at radius 1 is 0.635 bits per heavy atom. The number of nitrogens with zero attached hydrogens (tertiary/aromatic N) is 2. The number of benzene rings is 2. The molecule has 4 amide bonds. The summed E-state index contributed by atoms with van der Waals surface area (Å²) in [5, 5.41) is 23.4. The third-order valence-electron chi connectivity index (χ3n) is 19.7. The van der Waals surface area contributed by atoms with Gasteiger partial charge in [-0.1, -0.05) is 98.4 Å². The van der Waals surface area contributed by atoms with Crippen molar-refractivity contribution in [2.24, 2.45) is 33.9 Å². The van der Waals surface area contributed by atoms with Crippen molar-refractivity contribution in [3.05, 3.63) is 115 Å². The van der Waals surface area contributed by atoms with Crippen molar-refractivity contribution in [3.8, 4) is 0 Å². The molecule has 18 nitrogen and oxygen atoms in total. The summed E-state index contributed by atoms with van der Waals surface area (Å²) in [4.78, 5) is 86.1. The number of halogens is 6. The first-order chi connectivity index (χ1) is 40.1. The van der Waals surface area contributed by atoms with Gasteiger partial charge >= 0.3 is 5.97 Å². The van der Waals surface area contributed by atoms with Crippen LogP contribution in [0.5, 0.6) is 0 Å². The maximum Gasteiger partial charge on any atom is 0.321 e. The van der Waals surface area contributed by atoms with E-state index in [2.05, 4.69) is 58.9 Å². The van der Waals surface area contributed by atoms with Crippen molar-refractivity contribution in [3.63, 3.8) is 0 Å². The summed E-state index contributed by atoms with van der Waals surface area (Å²) in [6, 6.07) is 10.4. The zero-order valence-corrected chi connectivity index (χ0v) is 50.6. The first-order valence-electron chi connectivity index (χ1n) is 28.8. The van der Waals surface area contributed by atoms with Crippen LogP contribution < -0.4 is 38.5 Å². The Balaban J connectivity index is 0.000000166. The quantitative estimate of drug-likeness (QED) is 0.0765. The number of ketones is 1. The summed E-state index contributed by atoms with van der Waals surface area (Å²) in [5.41, 5.74) is 14.0. The van der Waals surface area contributed by atoms with Crippen molar-refractivity contribution in [1.82, 2.24) is 20.6 Å². The lowest BCUT2D eigenvalue weighted by atomic mass is 9.53. The number of primary amides is 2. The van der Waals surface area contributed by atoms with Gasteiger partial charge in [0.15, 0.2) is 5.78 Å². The molecular formula is C61H71Cl4F2N9O9. The molecule has 2 aliphatic carbocycles. The lowest BCUT2D eigenvalue weighted by Gasteiger charge is -2.50. The number of carbonyl (C=O) groups excluding carboxylic acids is 5. The highest BCUT2D eigenvalue weighted by Crippen LogP contribution is 2.66. The average molecular weight is 1250 g/mol. The normalized spacial score (nSPS) is 30.8. The smallest absolute Gasteiger partial charge is 0.321 e. The molecular weight excluding hydrogens is 1180 g/mol. The number of hydrogen-bond donors (Lipinski definition) is 8. The lowest BCUT2D eigenvalue weighted by Crippen LogP contribution is -2.61. The first-order valence-corrected chi connectivity index (χ1v) is 30.3. The van der Waals surface area contributed by atoms with Gasteiger partial charge in [-0.05, 0) is 129 Å². The number of aliphatic carboxylic acids is 1. The maximum atomic E-state index is 16.0. The summed E-state index contributed by atoms with van der Waals surface area (Å²) < 4.78 is 42.2. The lowest BCUT2D eigenvalue weighted by molar-refractivity contribution is -0.140. The minimum atomic E-state index is -1.40. The Morgan fingerprint density at radius 2 is 1.06 bits per heavy atom. The van der Waals surface area contributed by atoms with E-state index >= 15 is 8.78 Å². The molecule has 2 aromatic carbocycles. The van der Waals surface area contributed by atoms with E-state index < -0.39 is 81.5 Å². The van der Waals surface area contributed by atoms with Crippen LogP contribution in [0.4, 0.5) is 20.2 Å². The van der Waals surface area contributed by atoms with E-state index in [0.29, 0.717) is 74.1 Å². The van der Waals surface area contributed by atoms with Crippen LogP contribution in [-0.2, 0) is 49.1 Å². The van der Waals surface area contributed by atoms with Gasteiger partial charge in [-0.15, -0.1) is 0 Å². The van der Waals surface area contributed by atoms with E-state index in [1.54, 1.807) is 36.5 Å². The molecule has 8 aliphatic rings. The van der Waals surface area contributed by atoms with Gasteiger partial charge < -0.3 is 42.4 Å². The van der Waals surface area contributed by atoms with Crippen LogP contribution in [0.3, 0.4) is 0 Å². The molecule has 8 heterocycles. The predicted molar refractivity (Wildman–Crippen MR) is 316 cm³/mol. The summed E-state index contributed by atoms with van der Waals surface area (Å²) in [7, 11) is 0. The number of pyridine rings is 2. The van der Waals surface area contributed by atoms with Crippen LogP contribution in [-0.4, -0.2) is 105 Å². The Labute approximate surface area is 511 Å². The standard InChI is InChI=1S/C31H35Cl2FN4O4.C24H24Cl2FN3O3.C6H12N2O2/c1-29(2)8-10-30(11-9-29)31(18-14-36-23(33)13-20(18)37-28(31)41)24(17-4-3-5-19(32)25(17)34)26(38-30)21(39)12-16-6-7-22(27(35)40)42-15-16;1-22(2)6-8-23(9-7-22)24(13-11-28-16(26)10-15(13)29-21(24)33)17(19(30-23)20(31)32)12-4-3-5-14(25)18(12)27;7-4-1-2-5(6(8)9)10-3-4/h3-5,13-14,16,22,24,26,38H,6-12,15H2,1-2H3,(H2,35,40)(H,37,41);3-5,10-11,17,19,30H,6-9H2,1-2H3,(H,29,33)(H,31,32);4-5H,1-3,7H2,(H2,8,9)/t16-,22-,24-,26-,31+;17-,19+,24?;4-,5+/m001/s1. The SMILES string of the molecule is CC1(C)CCC2(CC1)N[C@@H](C(=O)C[C@@H]1CC[C@@H](C(N)=O)OC1)[C@H](c1cccc(Cl)c1F)[C@]21C(=O)Nc2cc(Cl)ncc21.CC1(C)CCC2(CC1)N[C@@H](C(=O)O)[C@H](c1cccc(Cl)c1F)C21C(=O)Nc2cc(Cl)ncc21.NC(=O)[C@@H]1CC[C@@H](N)CO1. The molecule has 0 bridgehead atoms. The first kappa shape index (κ1) is 62.6. The molecule has 2 aromatic heterocycles. The topological polar surface area (TPSA) is 293 Å². The van der Waals surface area contributed by atoms with Crippen LogP contribution in [0.25, 0.3) is 0 Å². The molecule has 0 radical (unpaired) electrons. The molecule has 12 rings (SSSR count). The van der Waals surface area contributed by atoms with E-state index in [0.717, 1.165) is 32.1 Å². The summed E-state index contributed by atoms with van der Waals surface area (Å²) in [6.45, 7) is 9.39. The number of rotatable bonds is 8. The Bertz CT molecular complexity index is 3320. The molecule has 11 N–H and O–H groups in total. The molecule has 85 heavy (non-hydrogen) atoms. The van der Waals surface area contributed by atoms with Crippen LogP contribution in [0.1, 0.15) is 145 Å². The Morgan fingerprint density at radius 3 is 1.46 bits per heavy atom. The number of carboxylic acid groups (broad SMARTS) is 1. The molecule has 456 valence electrons. The monoisotopic (exact) mass is 1250 g/mol. The molecule has 1 unspecified atom stereocenters. The van der Waals surface area contributed by atoms with Crippen LogP contribution in [0, 0.1) is 28.4 Å². The van der Waals surface area contributed by atoms with Gasteiger partial charge in [-0.25, -0.2) is 18.7 Å². The Hall–Kier alpha value is -5.42. The molecule has 4 spiro atoms. The average Bonchev–Trinajstić information content (AvgIpc) is 1.54. The van der Waals surface area contributed by atoms with E-state index in [4.69, 9.17) is 73.1 Å². The summed E-state index contributed by atoms with van der Waals surface area (Å²) >= 11 is 24.8. The molecule has 6 aliphatic heterocycles. The second kappa shape index (κ2) is 23.6. The fraction of sp³-hybridized carbons (Fsp3) is 0.541. The van der Waals surface area contributed by atoms with E-state index in [-0.39, 0.29) is 90.8 Å². The second-order valence-corrected chi connectivity index (χ2v) is 27.4. The number of hydrogen-bond acceptors (Lipinski definition) is 13. The number of nitrogens with two attached hydrogens (primary N) is 3. The van der Waals surface area contributed by atoms with Crippen molar-refractivity contribution >= 4 is 93.2 Å². The van der Waals surface area contributed by atoms with Gasteiger partial charge in [0.05, 0.1) is 29.3 Å². The molecule has 24 heteroatoms. The van der Waals surface area contributed by atoms with Gasteiger partial charge in [-0.2, -0.15) is 0 Å².